The first-order valence-electron chi connectivity index (χ1n) is 6.76. The summed E-state index contributed by atoms with van der Waals surface area (Å²) in [5, 5.41) is 0. The van der Waals surface area contributed by atoms with Crippen molar-refractivity contribution < 1.29 is 0 Å². The number of imidazole rings is 1. The fourth-order valence-electron chi connectivity index (χ4n) is 2.17. The Labute approximate surface area is 107 Å². The number of anilines is 1. The van der Waals surface area contributed by atoms with Crippen LogP contribution in [0.4, 0.5) is 5.95 Å². The number of nitrogens with one attached hydrogen (secondary N) is 1. The van der Waals surface area contributed by atoms with E-state index in [1.54, 1.807) is 6.33 Å². The minimum Gasteiger partial charge on any atom is -0.368 e. The van der Waals surface area contributed by atoms with E-state index in [0.717, 1.165) is 24.1 Å². The zero-order valence-corrected chi connectivity index (χ0v) is 10.9. The van der Waals surface area contributed by atoms with Crippen LogP contribution in [0, 0.1) is 0 Å². The average molecular weight is 247 g/mol. The van der Waals surface area contributed by atoms with Crippen molar-refractivity contribution in [2.45, 2.75) is 51.9 Å². The first kappa shape index (κ1) is 12.8. The van der Waals surface area contributed by atoms with Crippen molar-refractivity contribution in [2.24, 2.45) is 0 Å². The number of nitrogens with two attached hydrogens (primary N) is 1. The molecule has 3 N–H and O–H groups in total. The zero-order chi connectivity index (χ0) is 12.8. The highest BCUT2D eigenvalue weighted by atomic mass is 15.1. The highest BCUT2D eigenvalue weighted by Gasteiger charge is 2.07. The Morgan fingerprint density at radius 3 is 2.72 bits per heavy atom. The third-order valence-electron chi connectivity index (χ3n) is 3.15. The second kappa shape index (κ2) is 6.33. The number of aromatic amines is 1. The SMILES string of the molecule is CCCCCCCCc1nc(N)nc2nc[nH]c12. The van der Waals surface area contributed by atoms with E-state index in [9.17, 15) is 0 Å². The van der Waals surface area contributed by atoms with Crippen LogP contribution in [0.25, 0.3) is 11.2 Å². The van der Waals surface area contributed by atoms with E-state index >= 15 is 0 Å². The molecule has 5 nitrogen and oxygen atoms in total. The van der Waals surface area contributed by atoms with Gasteiger partial charge >= 0.3 is 0 Å². The van der Waals surface area contributed by atoms with Crippen molar-refractivity contribution >= 4 is 17.1 Å². The fourth-order valence-corrected chi connectivity index (χ4v) is 2.17. The Morgan fingerprint density at radius 2 is 1.89 bits per heavy atom. The summed E-state index contributed by atoms with van der Waals surface area (Å²) in [7, 11) is 0. The van der Waals surface area contributed by atoms with Gasteiger partial charge in [-0.25, -0.2) is 9.97 Å². The second-order valence-corrected chi connectivity index (χ2v) is 4.65. The molecule has 18 heavy (non-hydrogen) atoms. The van der Waals surface area contributed by atoms with Gasteiger partial charge in [-0.1, -0.05) is 39.0 Å². The van der Waals surface area contributed by atoms with Gasteiger partial charge in [0.05, 0.1) is 12.0 Å². The van der Waals surface area contributed by atoms with Gasteiger partial charge in [-0.3, -0.25) is 0 Å². The summed E-state index contributed by atoms with van der Waals surface area (Å²) in [6.45, 7) is 2.23. The number of aryl methyl sites for hydroxylation is 1. The van der Waals surface area contributed by atoms with Gasteiger partial charge in [0.15, 0.2) is 5.65 Å². The third-order valence-corrected chi connectivity index (χ3v) is 3.15. The smallest absolute Gasteiger partial charge is 0.222 e. The van der Waals surface area contributed by atoms with E-state index in [1.807, 2.05) is 0 Å². The van der Waals surface area contributed by atoms with Crippen molar-refractivity contribution in [3.05, 3.63) is 12.0 Å². The van der Waals surface area contributed by atoms with Crippen molar-refractivity contribution in [3.63, 3.8) is 0 Å². The van der Waals surface area contributed by atoms with E-state index < -0.39 is 0 Å². The largest absolute Gasteiger partial charge is 0.368 e. The first-order valence-corrected chi connectivity index (χ1v) is 6.76. The average Bonchev–Trinajstić information content (AvgIpc) is 2.81. The molecule has 0 unspecified atom stereocenters. The topological polar surface area (TPSA) is 80.5 Å². The van der Waals surface area contributed by atoms with E-state index in [-0.39, 0.29) is 0 Å². The molecule has 0 spiro atoms. The summed E-state index contributed by atoms with van der Waals surface area (Å²) < 4.78 is 0. The lowest BCUT2D eigenvalue weighted by molar-refractivity contribution is 0.605. The molecule has 0 aliphatic heterocycles. The molecule has 0 saturated heterocycles. The summed E-state index contributed by atoms with van der Waals surface area (Å²) in [6.07, 6.45) is 10.2. The molecule has 2 rings (SSSR count). The molecule has 0 aromatic carbocycles. The maximum atomic E-state index is 5.68. The Hall–Kier alpha value is -1.65. The minimum absolute atomic E-state index is 0.315. The molecule has 0 fully saturated rings. The number of aromatic nitrogens is 4. The lowest BCUT2D eigenvalue weighted by atomic mass is 10.1. The highest BCUT2D eigenvalue weighted by Crippen LogP contribution is 2.15. The van der Waals surface area contributed by atoms with E-state index in [4.69, 9.17) is 5.73 Å². The summed E-state index contributed by atoms with van der Waals surface area (Å²) in [5.41, 5.74) is 8.27. The number of hydrogen-bond donors (Lipinski definition) is 2. The van der Waals surface area contributed by atoms with Gasteiger partial charge in [0.25, 0.3) is 0 Å². The quantitative estimate of drug-likeness (QED) is 0.737. The standard InChI is InChI=1S/C13H21N5/c1-2-3-4-5-6-7-8-10-11-12(16-9-15-11)18-13(14)17-10/h9H,2-8H2,1H3,(H3,14,15,16,17,18). The third kappa shape index (κ3) is 3.18. The normalized spacial score (nSPS) is 11.2. The summed E-state index contributed by atoms with van der Waals surface area (Å²) in [4.78, 5) is 15.6. The van der Waals surface area contributed by atoms with Gasteiger partial charge in [0, 0.05) is 0 Å². The molecule has 0 atom stereocenters. The lowest BCUT2D eigenvalue weighted by Crippen LogP contribution is -2.01. The molecule has 0 aliphatic rings. The van der Waals surface area contributed by atoms with Crippen LogP contribution in [-0.4, -0.2) is 19.9 Å². The predicted molar refractivity (Wildman–Crippen MR) is 73.2 cm³/mol. The summed E-state index contributed by atoms with van der Waals surface area (Å²) >= 11 is 0. The Balaban J connectivity index is 1.89. The number of H-pyrrole nitrogens is 1. The number of nitrogens with zero attached hydrogens (tertiary/aromatic N) is 3. The number of hydrogen-bond acceptors (Lipinski definition) is 4. The Kier molecular flexibility index (Phi) is 4.50. The molecular weight excluding hydrogens is 226 g/mol. The van der Waals surface area contributed by atoms with Crippen LogP contribution in [0.5, 0.6) is 0 Å². The van der Waals surface area contributed by atoms with Crippen LogP contribution < -0.4 is 5.73 Å². The number of fused-ring (bicyclic) bond motifs is 1. The molecule has 2 aromatic rings. The summed E-state index contributed by atoms with van der Waals surface area (Å²) in [6, 6.07) is 0. The van der Waals surface area contributed by atoms with Crippen molar-refractivity contribution in [1.82, 2.24) is 19.9 Å². The van der Waals surface area contributed by atoms with Gasteiger partial charge in [-0.05, 0) is 12.8 Å². The molecule has 0 saturated carbocycles. The first-order chi connectivity index (χ1) is 8.81. The fraction of sp³-hybridized carbons (Fsp3) is 0.615. The molecule has 0 aliphatic carbocycles. The summed E-state index contributed by atoms with van der Waals surface area (Å²) in [5.74, 6) is 0.315. The molecule has 2 heterocycles. The molecule has 98 valence electrons. The molecule has 0 amide bonds. The van der Waals surface area contributed by atoms with E-state index in [0.29, 0.717) is 11.6 Å². The maximum Gasteiger partial charge on any atom is 0.222 e. The van der Waals surface area contributed by atoms with E-state index in [1.165, 1.54) is 32.1 Å². The molecule has 5 heteroatoms. The highest BCUT2D eigenvalue weighted by molar-refractivity contribution is 5.73. The van der Waals surface area contributed by atoms with Crippen molar-refractivity contribution in [3.8, 4) is 0 Å². The molecule has 2 aromatic heterocycles. The second-order valence-electron chi connectivity index (χ2n) is 4.65. The molecular formula is C13H21N5. The Morgan fingerprint density at radius 1 is 1.11 bits per heavy atom. The molecule has 0 bridgehead atoms. The van der Waals surface area contributed by atoms with Crippen molar-refractivity contribution in [1.29, 1.82) is 0 Å². The number of rotatable bonds is 7. The van der Waals surface area contributed by atoms with Crippen molar-refractivity contribution in [2.75, 3.05) is 5.73 Å². The van der Waals surface area contributed by atoms with Crippen LogP contribution in [0.1, 0.15) is 51.1 Å². The maximum absolute atomic E-state index is 5.68. The monoisotopic (exact) mass is 247 g/mol. The van der Waals surface area contributed by atoms with Gasteiger partial charge in [-0.15, -0.1) is 0 Å². The van der Waals surface area contributed by atoms with Gasteiger partial charge in [0.2, 0.25) is 5.95 Å². The lowest BCUT2D eigenvalue weighted by Gasteiger charge is -2.03. The van der Waals surface area contributed by atoms with Crippen LogP contribution in [0.2, 0.25) is 0 Å². The van der Waals surface area contributed by atoms with Crippen LogP contribution in [0.3, 0.4) is 0 Å². The minimum atomic E-state index is 0.315. The van der Waals surface area contributed by atoms with Gasteiger partial charge in [-0.2, -0.15) is 4.98 Å². The van der Waals surface area contributed by atoms with Crippen LogP contribution in [-0.2, 0) is 6.42 Å². The van der Waals surface area contributed by atoms with Crippen LogP contribution in [0.15, 0.2) is 6.33 Å². The predicted octanol–water partition coefficient (Wildman–Crippen LogP) is 2.84. The molecule has 0 radical (unpaired) electrons. The van der Waals surface area contributed by atoms with Crippen LogP contribution >= 0.6 is 0 Å². The zero-order valence-electron chi connectivity index (χ0n) is 10.9. The van der Waals surface area contributed by atoms with Gasteiger partial charge < -0.3 is 10.7 Å². The number of nitrogen functional groups attached to an aromatic ring is 1. The van der Waals surface area contributed by atoms with Gasteiger partial charge in [0.1, 0.15) is 5.52 Å². The van der Waals surface area contributed by atoms with E-state index in [2.05, 4.69) is 26.9 Å². The number of unbranched alkanes of at least 4 members (excludes halogenated alkanes) is 5. The Bertz CT molecular complexity index is 491.